The van der Waals surface area contributed by atoms with Crippen LogP contribution < -0.4 is 10.6 Å². The molecule has 0 saturated heterocycles. The monoisotopic (exact) mass is 276 g/mol. The summed E-state index contributed by atoms with van der Waals surface area (Å²) in [6, 6.07) is -0.555. The van der Waals surface area contributed by atoms with Crippen molar-refractivity contribution < 1.29 is 14.7 Å². The molecule has 2 unspecified atom stereocenters. The second-order valence-electron chi connectivity index (χ2n) is 4.63. The van der Waals surface area contributed by atoms with Crippen molar-refractivity contribution in [3.05, 3.63) is 0 Å². The molecule has 0 heterocycles. The Hall–Kier alpha value is -0.910. The summed E-state index contributed by atoms with van der Waals surface area (Å²) in [7, 11) is 0. The maximum Gasteiger partial charge on any atom is 0.315 e. The molecule has 0 aromatic carbocycles. The highest BCUT2D eigenvalue weighted by Gasteiger charge is 2.19. The third-order valence-electron chi connectivity index (χ3n) is 2.47. The highest BCUT2D eigenvalue weighted by atomic mass is 32.2. The van der Waals surface area contributed by atoms with E-state index in [4.69, 9.17) is 5.11 Å². The topological polar surface area (TPSA) is 78.4 Å². The maximum absolute atomic E-state index is 11.7. The average Bonchev–Trinajstić information content (AvgIpc) is 2.24. The minimum Gasteiger partial charge on any atom is -0.481 e. The fourth-order valence-corrected chi connectivity index (χ4v) is 2.08. The quantitative estimate of drug-likeness (QED) is 0.633. The first-order chi connectivity index (χ1) is 8.36. The molecule has 0 aromatic rings. The Labute approximate surface area is 113 Å². The molecule has 0 bridgehead atoms. The van der Waals surface area contributed by atoms with Crippen LogP contribution in [-0.2, 0) is 4.79 Å². The lowest BCUT2D eigenvalue weighted by Gasteiger charge is -2.22. The molecular weight excluding hydrogens is 252 g/mol. The van der Waals surface area contributed by atoms with Gasteiger partial charge < -0.3 is 15.7 Å². The molecule has 5 nitrogen and oxygen atoms in total. The average molecular weight is 276 g/mol. The summed E-state index contributed by atoms with van der Waals surface area (Å²) in [5.41, 5.74) is 0. The van der Waals surface area contributed by atoms with Gasteiger partial charge in [0.1, 0.15) is 0 Å². The molecule has 0 spiro atoms. The number of thioether (sulfide) groups is 1. The van der Waals surface area contributed by atoms with Crippen LogP contribution in [0.1, 0.15) is 34.1 Å². The molecule has 0 fully saturated rings. The molecule has 0 aliphatic heterocycles. The standard InChI is InChI=1S/C12H24N2O3S/c1-5-18-7-9(4)13-12(17)14-10(8(2)3)6-11(15)16/h8-10H,5-7H2,1-4H3,(H,15,16)(H2,13,14,17). The Morgan fingerprint density at radius 2 is 1.83 bits per heavy atom. The van der Waals surface area contributed by atoms with Gasteiger partial charge >= 0.3 is 12.0 Å². The lowest BCUT2D eigenvalue weighted by molar-refractivity contribution is -0.137. The molecule has 0 rings (SSSR count). The largest absolute Gasteiger partial charge is 0.481 e. The van der Waals surface area contributed by atoms with Gasteiger partial charge in [-0.05, 0) is 18.6 Å². The maximum atomic E-state index is 11.7. The minimum absolute atomic E-state index is 0.0524. The van der Waals surface area contributed by atoms with Gasteiger partial charge in [0.25, 0.3) is 0 Å². The van der Waals surface area contributed by atoms with Gasteiger partial charge in [-0.3, -0.25) is 4.79 Å². The lowest BCUT2D eigenvalue weighted by atomic mass is 10.0. The van der Waals surface area contributed by atoms with Gasteiger partial charge in [0.05, 0.1) is 6.42 Å². The molecular formula is C12H24N2O3S. The number of amides is 2. The van der Waals surface area contributed by atoms with Crippen LogP contribution in [0.3, 0.4) is 0 Å². The number of nitrogens with one attached hydrogen (secondary N) is 2. The number of aliphatic carboxylic acids is 1. The van der Waals surface area contributed by atoms with E-state index in [1.807, 2.05) is 20.8 Å². The van der Waals surface area contributed by atoms with E-state index in [0.29, 0.717) is 0 Å². The molecule has 0 aliphatic carbocycles. The number of hydrogen-bond donors (Lipinski definition) is 3. The number of hydrogen-bond acceptors (Lipinski definition) is 3. The van der Waals surface area contributed by atoms with Crippen molar-refractivity contribution in [2.45, 2.75) is 46.2 Å². The predicted octanol–water partition coefficient (Wildman–Crippen LogP) is 1.93. The van der Waals surface area contributed by atoms with Crippen LogP contribution in [0.2, 0.25) is 0 Å². The molecule has 106 valence electrons. The van der Waals surface area contributed by atoms with Crippen LogP contribution in [0.15, 0.2) is 0 Å². The third-order valence-corrected chi connectivity index (χ3v) is 3.61. The van der Waals surface area contributed by atoms with E-state index in [0.717, 1.165) is 11.5 Å². The van der Waals surface area contributed by atoms with E-state index in [2.05, 4.69) is 17.6 Å². The van der Waals surface area contributed by atoms with Crippen molar-refractivity contribution in [3.63, 3.8) is 0 Å². The first-order valence-electron chi connectivity index (χ1n) is 6.23. The van der Waals surface area contributed by atoms with Gasteiger partial charge in [-0.1, -0.05) is 20.8 Å². The SMILES string of the molecule is CCSCC(C)NC(=O)NC(CC(=O)O)C(C)C. The molecule has 18 heavy (non-hydrogen) atoms. The molecule has 0 radical (unpaired) electrons. The fourth-order valence-electron chi connectivity index (χ4n) is 1.41. The molecule has 2 amide bonds. The Morgan fingerprint density at radius 3 is 2.28 bits per heavy atom. The van der Waals surface area contributed by atoms with Crippen molar-refractivity contribution in [1.82, 2.24) is 10.6 Å². The number of rotatable bonds is 8. The molecule has 2 atom stereocenters. The summed E-state index contributed by atoms with van der Waals surface area (Å²) in [6.07, 6.45) is -0.0524. The summed E-state index contributed by atoms with van der Waals surface area (Å²) in [5, 5.41) is 14.3. The van der Waals surface area contributed by atoms with Gasteiger partial charge in [-0.25, -0.2) is 4.79 Å². The van der Waals surface area contributed by atoms with E-state index in [1.54, 1.807) is 11.8 Å². The van der Waals surface area contributed by atoms with Crippen LogP contribution >= 0.6 is 11.8 Å². The second kappa shape index (κ2) is 9.08. The van der Waals surface area contributed by atoms with Gasteiger partial charge in [0.2, 0.25) is 0 Å². The van der Waals surface area contributed by atoms with Crippen LogP contribution in [0.5, 0.6) is 0 Å². The first kappa shape index (κ1) is 17.1. The van der Waals surface area contributed by atoms with Crippen molar-refractivity contribution >= 4 is 23.8 Å². The van der Waals surface area contributed by atoms with Crippen LogP contribution in [0.25, 0.3) is 0 Å². The summed E-state index contributed by atoms with van der Waals surface area (Å²) in [6.45, 7) is 7.79. The Balaban J connectivity index is 4.13. The van der Waals surface area contributed by atoms with E-state index in [-0.39, 0.29) is 30.5 Å². The number of carbonyl (C=O) groups excluding carboxylic acids is 1. The van der Waals surface area contributed by atoms with Gasteiger partial charge in [0.15, 0.2) is 0 Å². The fraction of sp³-hybridized carbons (Fsp3) is 0.833. The van der Waals surface area contributed by atoms with Crippen LogP contribution in [0.4, 0.5) is 4.79 Å². The van der Waals surface area contributed by atoms with E-state index in [9.17, 15) is 9.59 Å². The number of carboxylic acid groups (broad SMARTS) is 1. The number of urea groups is 1. The van der Waals surface area contributed by atoms with E-state index >= 15 is 0 Å². The van der Waals surface area contributed by atoms with Crippen molar-refractivity contribution in [2.75, 3.05) is 11.5 Å². The smallest absolute Gasteiger partial charge is 0.315 e. The molecule has 0 aliphatic rings. The Bertz CT molecular complexity index is 272. The zero-order chi connectivity index (χ0) is 14.1. The summed E-state index contributed by atoms with van der Waals surface area (Å²) < 4.78 is 0. The summed E-state index contributed by atoms with van der Waals surface area (Å²) in [5.74, 6) is 1.06. The second-order valence-corrected chi connectivity index (χ2v) is 5.95. The van der Waals surface area contributed by atoms with Gasteiger partial charge in [-0.15, -0.1) is 0 Å². The lowest BCUT2D eigenvalue weighted by Crippen LogP contribution is -2.48. The number of carbonyl (C=O) groups is 2. The van der Waals surface area contributed by atoms with Crippen molar-refractivity contribution in [1.29, 1.82) is 0 Å². The van der Waals surface area contributed by atoms with Gasteiger partial charge in [-0.2, -0.15) is 11.8 Å². The number of carboxylic acids is 1. The van der Waals surface area contributed by atoms with Crippen LogP contribution in [-0.4, -0.2) is 40.7 Å². The zero-order valence-electron chi connectivity index (χ0n) is 11.5. The van der Waals surface area contributed by atoms with Crippen LogP contribution in [0, 0.1) is 5.92 Å². The molecule has 3 N–H and O–H groups in total. The Kier molecular flexibility index (Phi) is 8.62. The first-order valence-corrected chi connectivity index (χ1v) is 7.38. The highest BCUT2D eigenvalue weighted by Crippen LogP contribution is 2.06. The summed E-state index contributed by atoms with van der Waals surface area (Å²) in [4.78, 5) is 22.4. The van der Waals surface area contributed by atoms with Gasteiger partial charge in [0, 0.05) is 17.8 Å². The Morgan fingerprint density at radius 1 is 1.22 bits per heavy atom. The van der Waals surface area contributed by atoms with Crippen molar-refractivity contribution in [2.24, 2.45) is 5.92 Å². The highest BCUT2D eigenvalue weighted by molar-refractivity contribution is 7.99. The third kappa shape index (κ3) is 8.22. The predicted molar refractivity (Wildman–Crippen MR) is 75.0 cm³/mol. The molecule has 0 saturated carbocycles. The zero-order valence-corrected chi connectivity index (χ0v) is 12.3. The summed E-state index contributed by atoms with van der Waals surface area (Å²) >= 11 is 1.76. The van der Waals surface area contributed by atoms with E-state index < -0.39 is 5.97 Å². The minimum atomic E-state index is -0.899. The van der Waals surface area contributed by atoms with Crippen molar-refractivity contribution in [3.8, 4) is 0 Å². The molecule has 0 aromatic heterocycles. The normalized spacial score (nSPS) is 14.1. The molecule has 6 heteroatoms. The van der Waals surface area contributed by atoms with E-state index in [1.165, 1.54) is 0 Å².